The van der Waals surface area contributed by atoms with E-state index in [-0.39, 0.29) is 31.9 Å². The Morgan fingerprint density at radius 2 is 2.03 bits per heavy atom. The van der Waals surface area contributed by atoms with Crippen LogP contribution in [0, 0.1) is 5.92 Å². The highest BCUT2D eigenvalue weighted by molar-refractivity contribution is 7.89. The van der Waals surface area contributed by atoms with Gasteiger partial charge in [-0.15, -0.1) is 11.3 Å². The van der Waals surface area contributed by atoms with Gasteiger partial charge in [-0.05, 0) is 18.9 Å². The number of nitrogens with two attached hydrogens (primary N) is 1. The lowest BCUT2D eigenvalue weighted by atomic mass is 9.99. The van der Waals surface area contributed by atoms with Crippen LogP contribution >= 0.6 is 11.3 Å². The van der Waals surface area contributed by atoms with E-state index in [1.54, 1.807) is 29.6 Å². The third kappa shape index (κ3) is 5.69. The first-order valence-corrected chi connectivity index (χ1v) is 12.5. The van der Waals surface area contributed by atoms with E-state index in [4.69, 9.17) is 5.73 Å². The SMILES string of the molecule is CC(C(N)=O)N(C(=O)C(Cc1ccccc1)CS(=O)(=O)N1CCNC(=O)C1)c1cscn1. The van der Waals surface area contributed by atoms with Gasteiger partial charge in [-0.2, -0.15) is 4.31 Å². The molecule has 1 saturated heterocycles. The lowest BCUT2D eigenvalue weighted by Gasteiger charge is -2.31. The number of amides is 3. The summed E-state index contributed by atoms with van der Waals surface area (Å²) in [4.78, 5) is 42.6. The zero-order chi connectivity index (χ0) is 23.3. The van der Waals surface area contributed by atoms with Crippen molar-refractivity contribution < 1.29 is 22.8 Å². The monoisotopic (exact) mass is 479 g/mol. The third-order valence-electron chi connectivity index (χ3n) is 5.19. The summed E-state index contributed by atoms with van der Waals surface area (Å²) in [5.41, 5.74) is 7.74. The maximum absolute atomic E-state index is 13.6. The number of rotatable bonds is 9. The summed E-state index contributed by atoms with van der Waals surface area (Å²) in [6, 6.07) is 7.99. The van der Waals surface area contributed by atoms with Crippen molar-refractivity contribution in [2.75, 3.05) is 30.3 Å². The van der Waals surface area contributed by atoms with Crippen LogP contribution in [0.2, 0.25) is 0 Å². The summed E-state index contributed by atoms with van der Waals surface area (Å²) in [6.45, 7) is 1.53. The van der Waals surface area contributed by atoms with Gasteiger partial charge in [0, 0.05) is 18.5 Å². The molecule has 12 heteroatoms. The summed E-state index contributed by atoms with van der Waals surface area (Å²) in [5, 5.41) is 4.18. The molecule has 2 atom stereocenters. The van der Waals surface area contributed by atoms with Crippen molar-refractivity contribution in [2.45, 2.75) is 19.4 Å². The molecule has 2 aromatic rings. The molecule has 3 N–H and O–H groups in total. The second-order valence-corrected chi connectivity index (χ2v) is 10.2. The van der Waals surface area contributed by atoms with Crippen LogP contribution in [0.25, 0.3) is 0 Å². The quantitative estimate of drug-likeness (QED) is 0.517. The molecule has 1 aromatic carbocycles. The summed E-state index contributed by atoms with van der Waals surface area (Å²) >= 11 is 1.24. The number of hydrogen-bond acceptors (Lipinski definition) is 7. The van der Waals surface area contributed by atoms with Crippen LogP contribution in [0.1, 0.15) is 12.5 Å². The molecule has 10 nitrogen and oxygen atoms in total. The van der Waals surface area contributed by atoms with Gasteiger partial charge >= 0.3 is 0 Å². The van der Waals surface area contributed by atoms with Crippen molar-refractivity contribution in [3.63, 3.8) is 0 Å². The molecule has 0 bridgehead atoms. The maximum atomic E-state index is 13.6. The fourth-order valence-electron chi connectivity index (χ4n) is 3.48. The van der Waals surface area contributed by atoms with Crippen LogP contribution in [0.5, 0.6) is 0 Å². The second-order valence-electron chi connectivity index (χ2n) is 7.48. The number of benzene rings is 1. The van der Waals surface area contributed by atoms with Crippen molar-refractivity contribution in [2.24, 2.45) is 11.7 Å². The van der Waals surface area contributed by atoms with Gasteiger partial charge < -0.3 is 11.1 Å². The number of anilines is 1. The molecule has 0 spiro atoms. The molecule has 0 radical (unpaired) electrons. The summed E-state index contributed by atoms with van der Waals surface area (Å²) in [7, 11) is -3.94. The van der Waals surface area contributed by atoms with Gasteiger partial charge in [0.15, 0.2) is 0 Å². The van der Waals surface area contributed by atoms with E-state index in [1.807, 2.05) is 6.07 Å². The van der Waals surface area contributed by atoms with E-state index in [1.165, 1.54) is 23.8 Å². The Kier molecular flexibility index (Phi) is 7.59. The topological polar surface area (TPSA) is 143 Å². The van der Waals surface area contributed by atoms with Crippen molar-refractivity contribution in [1.82, 2.24) is 14.6 Å². The first kappa shape index (κ1) is 23.8. The fraction of sp³-hybridized carbons (Fsp3) is 0.400. The highest BCUT2D eigenvalue weighted by Gasteiger charge is 2.37. The predicted molar refractivity (Wildman–Crippen MR) is 120 cm³/mol. The minimum Gasteiger partial charge on any atom is -0.368 e. The van der Waals surface area contributed by atoms with E-state index in [0.29, 0.717) is 0 Å². The van der Waals surface area contributed by atoms with Gasteiger partial charge in [0.2, 0.25) is 27.7 Å². The summed E-state index contributed by atoms with van der Waals surface area (Å²) < 4.78 is 27.3. The van der Waals surface area contributed by atoms with E-state index < -0.39 is 45.5 Å². The van der Waals surface area contributed by atoms with Gasteiger partial charge in [0.25, 0.3) is 0 Å². The number of thiazole rings is 1. The highest BCUT2D eigenvalue weighted by Crippen LogP contribution is 2.23. The molecular weight excluding hydrogens is 454 g/mol. The molecule has 0 saturated carbocycles. The minimum absolute atomic E-state index is 0.130. The van der Waals surface area contributed by atoms with Gasteiger partial charge in [0.05, 0.1) is 23.7 Å². The number of hydrogen-bond donors (Lipinski definition) is 2. The Balaban J connectivity index is 1.94. The fourth-order valence-corrected chi connectivity index (χ4v) is 5.67. The third-order valence-corrected chi connectivity index (χ3v) is 7.68. The van der Waals surface area contributed by atoms with Crippen LogP contribution in [0.3, 0.4) is 0 Å². The zero-order valence-corrected chi connectivity index (χ0v) is 19.1. The Morgan fingerprint density at radius 1 is 1.31 bits per heavy atom. The molecule has 1 aromatic heterocycles. The Labute approximate surface area is 190 Å². The summed E-state index contributed by atoms with van der Waals surface area (Å²) in [5.74, 6) is -3.00. The van der Waals surface area contributed by atoms with Gasteiger partial charge in [-0.25, -0.2) is 13.4 Å². The second kappa shape index (κ2) is 10.2. The van der Waals surface area contributed by atoms with Gasteiger partial charge in [-0.1, -0.05) is 30.3 Å². The number of piperazine rings is 1. The average Bonchev–Trinajstić information content (AvgIpc) is 3.28. The molecule has 2 unspecified atom stereocenters. The molecule has 1 fully saturated rings. The number of carbonyl (C=O) groups is 3. The zero-order valence-electron chi connectivity index (χ0n) is 17.5. The van der Waals surface area contributed by atoms with Crippen molar-refractivity contribution in [3.05, 3.63) is 46.8 Å². The largest absolute Gasteiger partial charge is 0.368 e. The molecule has 3 amide bonds. The van der Waals surface area contributed by atoms with Crippen LogP contribution in [-0.2, 0) is 30.8 Å². The normalized spacial score (nSPS) is 16.7. The van der Waals surface area contributed by atoms with Crippen LogP contribution < -0.4 is 16.0 Å². The van der Waals surface area contributed by atoms with E-state index >= 15 is 0 Å². The Bertz CT molecular complexity index is 1060. The molecule has 172 valence electrons. The van der Waals surface area contributed by atoms with Gasteiger partial charge in [0.1, 0.15) is 11.9 Å². The van der Waals surface area contributed by atoms with Crippen molar-refractivity contribution in [1.29, 1.82) is 0 Å². The predicted octanol–water partition coefficient (Wildman–Crippen LogP) is -0.0296. The maximum Gasteiger partial charge on any atom is 0.240 e. The number of nitrogens with one attached hydrogen (secondary N) is 1. The van der Waals surface area contributed by atoms with E-state index in [0.717, 1.165) is 14.8 Å². The lowest BCUT2D eigenvalue weighted by molar-refractivity contribution is -0.126. The molecular formula is C20H25N5O5S2. The standard InChI is InChI=1S/C20H25N5O5S2/c1-14(19(21)27)25(17-11-31-13-23-17)20(28)16(9-15-5-3-2-4-6-15)12-32(29,30)24-8-7-22-18(26)10-24/h2-6,11,13-14,16H,7-10,12H2,1H3,(H2,21,27)(H,22,26). The molecule has 32 heavy (non-hydrogen) atoms. The van der Waals surface area contributed by atoms with Gasteiger partial charge in [-0.3, -0.25) is 19.3 Å². The Morgan fingerprint density at radius 3 is 2.62 bits per heavy atom. The first-order valence-electron chi connectivity index (χ1n) is 9.98. The average molecular weight is 480 g/mol. The molecule has 3 rings (SSSR count). The number of primary amides is 1. The molecule has 0 aliphatic carbocycles. The molecule has 1 aliphatic rings. The van der Waals surface area contributed by atoms with E-state index in [9.17, 15) is 22.8 Å². The van der Waals surface area contributed by atoms with Crippen LogP contribution in [0.4, 0.5) is 5.82 Å². The van der Waals surface area contributed by atoms with Crippen molar-refractivity contribution in [3.8, 4) is 0 Å². The molecule has 1 aliphatic heterocycles. The number of aromatic nitrogens is 1. The first-order chi connectivity index (χ1) is 15.2. The van der Waals surface area contributed by atoms with Crippen LogP contribution in [0.15, 0.2) is 41.2 Å². The summed E-state index contributed by atoms with van der Waals surface area (Å²) in [6.07, 6.45) is 0.130. The van der Waals surface area contributed by atoms with Crippen molar-refractivity contribution >= 4 is 44.9 Å². The Hall–Kier alpha value is -2.83. The van der Waals surface area contributed by atoms with E-state index in [2.05, 4.69) is 10.3 Å². The minimum atomic E-state index is -3.94. The number of carbonyl (C=O) groups excluding carboxylic acids is 3. The number of sulfonamides is 1. The highest BCUT2D eigenvalue weighted by atomic mass is 32.2. The number of nitrogens with zero attached hydrogens (tertiary/aromatic N) is 3. The lowest BCUT2D eigenvalue weighted by Crippen LogP contribution is -2.53. The smallest absolute Gasteiger partial charge is 0.240 e. The van der Waals surface area contributed by atoms with Crippen LogP contribution in [-0.4, -0.2) is 66.9 Å². The molecule has 2 heterocycles.